The molecule has 34 heavy (non-hydrogen) atoms. The molecule has 0 aliphatic rings. The summed E-state index contributed by atoms with van der Waals surface area (Å²) < 4.78 is 66.2. The molecule has 2 rings (SSSR count). The molecule has 0 fully saturated rings. The van der Waals surface area contributed by atoms with Crippen molar-refractivity contribution in [2.75, 3.05) is 0 Å². The maximum absolute atomic E-state index is 9.37. The third kappa shape index (κ3) is 12.6. The fraction of sp³-hybridized carbons (Fsp3) is 0.700. The molecule has 12 nitrogen and oxygen atoms in total. The monoisotopic (exact) mass is 526 g/mol. The number of aromatic nitrogens is 4. The summed E-state index contributed by atoms with van der Waals surface area (Å²) in [6.07, 6.45) is 5.06. The van der Waals surface area contributed by atoms with Gasteiger partial charge in [0.25, 0.3) is 11.6 Å². The molecule has 0 aromatic carbocycles. The number of nitrogens with zero attached hydrogens (tertiary/aromatic N) is 2. The summed E-state index contributed by atoms with van der Waals surface area (Å²) in [7, 11) is -10.6. The van der Waals surface area contributed by atoms with Gasteiger partial charge in [-0.25, -0.2) is 35.9 Å². The van der Waals surface area contributed by atoms with Gasteiger partial charge in [-0.3, -0.25) is 0 Å². The normalized spacial score (nSPS) is 11.5. The summed E-state index contributed by atoms with van der Waals surface area (Å²) >= 11 is 0. The number of imidazole rings is 2. The zero-order chi connectivity index (χ0) is 26.7. The van der Waals surface area contributed by atoms with E-state index in [2.05, 4.69) is 83.2 Å². The highest BCUT2D eigenvalue weighted by Crippen LogP contribution is 2.02. The molecule has 2 aromatic heterocycles. The van der Waals surface area contributed by atoms with Crippen LogP contribution in [0, 0.1) is 41.5 Å². The number of H-pyrrole nitrogens is 2. The quantitative estimate of drug-likeness (QED) is 0.164. The number of unbranched alkanes of at least 4 members (excludes halogenated alkanes) is 2. The van der Waals surface area contributed by atoms with Crippen LogP contribution in [0.4, 0.5) is 0 Å². The molecule has 0 radical (unpaired) electrons. The smallest absolute Gasteiger partial charge is 0.251 e. The Labute approximate surface area is 203 Å². The fourth-order valence-corrected chi connectivity index (χ4v) is 3.68. The Hall–Kier alpha value is -1.84. The average Bonchev–Trinajstić information content (AvgIpc) is 3.10. The number of nitrogens with one attached hydrogen (secondary N) is 2. The lowest BCUT2D eigenvalue weighted by Gasteiger charge is -2.07. The highest BCUT2D eigenvalue weighted by molar-refractivity contribution is 7.83. The number of hydrogen-bond acceptors (Lipinski definition) is 8. The molecule has 2 heterocycles. The van der Waals surface area contributed by atoms with E-state index in [1.54, 1.807) is 0 Å². The second kappa shape index (κ2) is 14.5. The maximum Gasteiger partial charge on any atom is 0.251 e. The zero-order valence-electron chi connectivity index (χ0n) is 21.2. The maximum atomic E-state index is 9.37. The molecule has 0 aliphatic heterocycles. The number of hydrogen-bond donors (Lipinski definition) is 2. The van der Waals surface area contributed by atoms with Crippen molar-refractivity contribution in [2.45, 2.75) is 94.2 Å². The van der Waals surface area contributed by atoms with E-state index in [1.807, 2.05) is 0 Å². The largest absolute Gasteiger partial charge is 0.724 e. The summed E-state index contributed by atoms with van der Waals surface area (Å²) in [4.78, 5) is 6.70. The van der Waals surface area contributed by atoms with E-state index in [0.717, 1.165) is 13.1 Å². The summed E-state index contributed by atoms with van der Waals surface area (Å²) in [5.41, 5.74) is 5.34. The van der Waals surface area contributed by atoms with E-state index in [9.17, 15) is 25.9 Å². The minimum absolute atomic E-state index is 1.15. The van der Waals surface area contributed by atoms with Gasteiger partial charge in [-0.2, -0.15) is 0 Å². The Balaban J connectivity index is 0.000000484. The van der Waals surface area contributed by atoms with Gasteiger partial charge in [0.1, 0.15) is 22.8 Å². The predicted octanol–water partition coefficient (Wildman–Crippen LogP) is 1.91. The molecule has 0 aliphatic carbocycles. The lowest BCUT2D eigenvalue weighted by molar-refractivity contribution is -0.707. The molecule has 0 saturated heterocycles. The summed E-state index contributed by atoms with van der Waals surface area (Å²) in [5.74, 6) is 2.55. The van der Waals surface area contributed by atoms with Crippen molar-refractivity contribution >= 4 is 20.8 Å². The third-order valence-electron chi connectivity index (χ3n) is 5.11. The first-order chi connectivity index (χ1) is 15.5. The van der Waals surface area contributed by atoms with Gasteiger partial charge in [-0.15, -0.1) is 8.67 Å². The van der Waals surface area contributed by atoms with Gasteiger partial charge >= 0.3 is 0 Å². The van der Waals surface area contributed by atoms with Crippen LogP contribution in [0.2, 0.25) is 0 Å². The average molecular weight is 527 g/mol. The van der Waals surface area contributed by atoms with Crippen LogP contribution in [0.5, 0.6) is 0 Å². The lowest BCUT2D eigenvalue weighted by atomic mass is 10.3. The van der Waals surface area contributed by atoms with Gasteiger partial charge in [-0.05, 0) is 12.8 Å². The molecule has 0 amide bonds. The van der Waals surface area contributed by atoms with E-state index in [4.69, 9.17) is 0 Å². The van der Waals surface area contributed by atoms with Crippen molar-refractivity contribution in [1.82, 2.24) is 9.97 Å². The Kier molecular flexibility index (Phi) is 13.7. The summed E-state index contributed by atoms with van der Waals surface area (Å²) in [5, 5.41) is 0. The van der Waals surface area contributed by atoms with E-state index in [1.165, 1.54) is 60.1 Å². The van der Waals surface area contributed by atoms with Gasteiger partial charge in [0.2, 0.25) is 20.8 Å². The first kappa shape index (κ1) is 32.2. The van der Waals surface area contributed by atoms with Crippen LogP contribution >= 0.6 is 0 Å². The molecular formula is C20H38N4O8S2. The standard InChI is InChI=1S/2C10H18N2.H2O8S2/c2*1-5-6-7-12-9(3)8(2)11-10(12)4;1-9(2,3)7-8-10(4,5)6/h2*5-7H2,1-4H3;(H,1,2,3)(H,4,5,6). The number of aryl methyl sites for hydroxylation is 4. The SMILES string of the molecule is CCCC[n+]1c(C)[nH]c(C)c1C.CCCC[n+]1c(C)[nH]c(C)c1C.O=S(=O)([O-])OOS(=O)(=O)[O-]. The van der Waals surface area contributed by atoms with Crippen molar-refractivity contribution < 1.29 is 43.7 Å². The third-order valence-corrected chi connectivity index (χ3v) is 5.66. The van der Waals surface area contributed by atoms with E-state index in [-0.39, 0.29) is 0 Å². The minimum atomic E-state index is -5.31. The van der Waals surface area contributed by atoms with Crippen LogP contribution in [0.3, 0.4) is 0 Å². The Bertz CT molecular complexity index is 1020. The predicted molar refractivity (Wildman–Crippen MR) is 122 cm³/mol. The Morgan fingerprint density at radius 3 is 1.15 bits per heavy atom. The molecule has 198 valence electrons. The molecule has 0 unspecified atom stereocenters. The van der Waals surface area contributed by atoms with Crippen LogP contribution in [-0.4, -0.2) is 35.9 Å². The highest BCUT2D eigenvalue weighted by Gasteiger charge is 2.14. The van der Waals surface area contributed by atoms with Crippen molar-refractivity contribution in [2.24, 2.45) is 0 Å². The first-order valence-corrected chi connectivity index (χ1v) is 13.6. The molecular weight excluding hydrogens is 488 g/mol. The number of aromatic amines is 2. The second-order valence-electron chi connectivity index (χ2n) is 7.80. The van der Waals surface area contributed by atoms with Gasteiger partial charge in [0.05, 0.1) is 13.1 Å². The second-order valence-corrected chi connectivity index (χ2v) is 9.71. The van der Waals surface area contributed by atoms with Crippen LogP contribution in [0.1, 0.15) is 74.0 Å². The minimum Gasteiger partial charge on any atom is -0.724 e. The van der Waals surface area contributed by atoms with Crippen molar-refractivity contribution in [3.63, 3.8) is 0 Å². The van der Waals surface area contributed by atoms with Crippen molar-refractivity contribution in [3.05, 3.63) is 34.4 Å². The van der Waals surface area contributed by atoms with Gasteiger partial charge in [0.15, 0.2) is 0 Å². The first-order valence-electron chi connectivity index (χ1n) is 10.9. The molecule has 0 bridgehead atoms. The van der Waals surface area contributed by atoms with Crippen LogP contribution in [-0.2, 0) is 42.6 Å². The van der Waals surface area contributed by atoms with Gasteiger partial charge < -0.3 is 9.11 Å². The summed E-state index contributed by atoms with van der Waals surface area (Å²) in [6, 6.07) is 0. The molecule has 0 saturated carbocycles. The highest BCUT2D eigenvalue weighted by atomic mass is 32.3. The number of rotatable bonds is 9. The Morgan fingerprint density at radius 2 is 0.971 bits per heavy atom. The molecule has 0 atom stereocenters. The molecule has 2 N–H and O–H groups in total. The molecule has 14 heteroatoms. The van der Waals surface area contributed by atoms with E-state index < -0.39 is 20.8 Å². The van der Waals surface area contributed by atoms with E-state index in [0.29, 0.717) is 0 Å². The van der Waals surface area contributed by atoms with E-state index >= 15 is 0 Å². The van der Waals surface area contributed by atoms with Crippen LogP contribution in [0.15, 0.2) is 0 Å². The zero-order valence-corrected chi connectivity index (χ0v) is 22.9. The van der Waals surface area contributed by atoms with Crippen LogP contribution in [0.25, 0.3) is 0 Å². The topological polar surface area (TPSA) is 172 Å². The molecule has 2 aromatic rings. The van der Waals surface area contributed by atoms with Gasteiger partial charge in [0, 0.05) is 41.5 Å². The van der Waals surface area contributed by atoms with Crippen molar-refractivity contribution in [3.8, 4) is 0 Å². The fourth-order valence-electron chi connectivity index (χ4n) is 3.14. The Morgan fingerprint density at radius 1 is 0.676 bits per heavy atom. The lowest BCUT2D eigenvalue weighted by Crippen LogP contribution is -2.37. The van der Waals surface area contributed by atoms with Gasteiger partial charge in [-0.1, -0.05) is 26.7 Å². The van der Waals surface area contributed by atoms with Crippen molar-refractivity contribution in [1.29, 1.82) is 0 Å². The summed E-state index contributed by atoms with van der Waals surface area (Å²) in [6.45, 7) is 19.6. The molecule has 0 spiro atoms. The van der Waals surface area contributed by atoms with Crippen LogP contribution < -0.4 is 9.13 Å².